The highest BCUT2D eigenvalue weighted by molar-refractivity contribution is 5.85. The van der Waals surface area contributed by atoms with Crippen molar-refractivity contribution < 1.29 is 4.39 Å². The Morgan fingerprint density at radius 1 is 1.29 bits per heavy atom. The Labute approximate surface area is 107 Å². The number of rotatable bonds is 0. The second kappa shape index (κ2) is 4.56. The number of fused-ring (bicyclic) bond motifs is 1. The Morgan fingerprint density at radius 3 is 2.65 bits per heavy atom. The Kier molecular flexibility index (Phi) is 3.43. The normalized spacial score (nSPS) is 25.4. The second-order valence-electron chi connectivity index (χ2n) is 5.07. The lowest BCUT2D eigenvalue weighted by atomic mass is 9.73. The standard InChI is InChI=1S/C13H17FN2.ClH/c14-11-3-1-2-9-10(11)8-13(12(9)15)4-6-16-7-5-13;/h1-3,12,16H,4-8,15H2;1H. The van der Waals surface area contributed by atoms with Gasteiger partial charge in [0, 0.05) is 6.04 Å². The first kappa shape index (κ1) is 12.8. The number of piperidine rings is 1. The average Bonchev–Trinajstić information content (AvgIpc) is 2.57. The number of hydrogen-bond acceptors (Lipinski definition) is 2. The number of benzene rings is 1. The smallest absolute Gasteiger partial charge is 0.126 e. The van der Waals surface area contributed by atoms with Crippen LogP contribution >= 0.6 is 12.4 Å². The zero-order valence-electron chi connectivity index (χ0n) is 9.71. The van der Waals surface area contributed by atoms with Crippen molar-refractivity contribution in [2.24, 2.45) is 11.1 Å². The van der Waals surface area contributed by atoms with Crippen molar-refractivity contribution in [3.05, 3.63) is 35.1 Å². The zero-order chi connectivity index (χ0) is 11.2. The Balaban J connectivity index is 0.00000108. The highest BCUT2D eigenvalue weighted by Crippen LogP contribution is 2.50. The third-order valence-corrected chi connectivity index (χ3v) is 4.28. The summed E-state index contributed by atoms with van der Waals surface area (Å²) >= 11 is 0. The molecule has 0 saturated carbocycles. The van der Waals surface area contributed by atoms with Crippen molar-refractivity contribution in [1.29, 1.82) is 0 Å². The predicted molar refractivity (Wildman–Crippen MR) is 68.8 cm³/mol. The molecule has 1 atom stereocenters. The lowest BCUT2D eigenvalue weighted by molar-refractivity contribution is 0.173. The molecule has 0 bridgehead atoms. The van der Waals surface area contributed by atoms with Gasteiger partial charge in [-0.25, -0.2) is 4.39 Å². The van der Waals surface area contributed by atoms with E-state index in [1.54, 1.807) is 12.1 Å². The molecule has 0 amide bonds. The van der Waals surface area contributed by atoms with E-state index in [0.29, 0.717) is 0 Å². The van der Waals surface area contributed by atoms with Crippen LogP contribution in [0.5, 0.6) is 0 Å². The van der Waals surface area contributed by atoms with Crippen LogP contribution in [-0.4, -0.2) is 13.1 Å². The molecule has 1 aromatic rings. The van der Waals surface area contributed by atoms with Gasteiger partial charge < -0.3 is 11.1 Å². The van der Waals surface area contributed by atoms with Crippen LogP contribution in [0.2, 0.25) is 0 Å². The first-order valence-corrected chi connectivity index (χ1v) is 5.97. The second-order valence-corrected chi connectivity index (χ2v) is 5.07. The fourth-order valence-electron chi connectivity index (χ4n) is 3.26. The number of halogens is 2. The maximum Gasteiger partial charge on any atom is 0.126 e. The molecule has 1 heterocycles. The Morgan fingerprint density at radius 2 is 2.00 bits per heavy atom. The molecule has 1 aromatic carbocycles. The number of nitrogens with one attached hydrogen (secondary N) is 1. The van der Waals surface area contributed by atoms with Crippen molar-refractivity contribution in [2.75, 3.05) is 13.1 Å². The summed E-state index contributed by atoms with van der Waals surface area (Å²) in [5.41, 5.74) is 8.33. The molecule has 3 rings (SSSR count). The fraction of sp³-hybridized carbons (Fsp3) is 0.538. The molecule has 4 heteroatoms. The first-order chi connectivity index (χ1) is 7.73. The van der Waals surface area contributed by atoms with E-state index in [-0.39, 0.29) is 29.7 Å². The molecular formula is C13H18ClFN2. The fourth-order valence-corrected chi connectivity index (χ4v) is 3.26. The van der Waals surface area contributed by atoms with Gasteiger partial charge >= 0.3 is 0 Å². The summed E-state index contributed by atoms with van der Waals surface area (Å²) in [6.07, 6.45) is 2.93. The topological polar surface area (TPSA) is 38.0 Å². The van der Waals surface area contributed by atoms with Gasteiger partial charge in [0.25, 0.3) is 0 Å². The molecule has 2 aliphatic rings. The largest absolute Gasteiger partial charge is 0.323 e. The van der Waals surface area contributed by atoms with E-state index < -0.39 is 0 Å². The Bertz CT molecular complexity index is 416. The van der Waals surface area contributed by atoms with Crippen LogP contribution in [0.3, 0.4) is 0 Å². The molecule has 1 aliphatic heterocycles. The third kappa shape index (κ3) is 1.86. The number of nitrogens with two attached hydrogens (primary N) is 1. The van der Waals surface area contributed by atoms with E-state index in [1.807, 2.05) is 6.07 Å². The molecule has 94 valence electrons. The summed E-state index contributed by atoms with van der Waals surface area (Å²) in [5.74, 6) is -0.0802. The zero-order valence-corrected chi connectivity index (χ0v) is 10.5. The molecule has 3 N–H and O–H groups in total. The molecule has 17 heavy (non-hydrogen) atoms. The monoisotopic (exact) mass is 256 g/mol. The van der Waals surface area contributed by atoms with E-state index in [0.717, 1.165) is 43.5 Å². The van der Waals surface area contributed by atoms with Gasteiger partial charge in [-0.1, -0.05) is 12.1 Å². The van der Waals surface area contributed by atoms with E-state index in [2.05, 4.69) is 5.32 Å². The summed E-state index contributed by atoms with van der Waals surface area (Å²) in [7, 11) is 0. The molecular weight excluding hydrogens is 239 g/mol. The van der Waals surface area contributed by atoms with Crippen molar-refractivity contribution in [2.45, 2.75) is 25.3 Å². The van der Waals surface area contributed by atoms with Crippen LogP contribution in [-0.2, 0) is 6.42 Å². The Hall–Kier alpha value is -0.640. The minimum atomic E-state index is -0.0802. The predicted octanol–water partition coefficient (Wildman–Crippen LogP) is 2.17. The van der Waals surface area contributed by atoms with Crippen molar-refractivity contribution >= 4 is 12.4 Å². The van der Waals surface area contributed by atoms with Gasteiger partial charge in [0.05, 0.1) is 0 Å². The van der Waals surface area contributed by atoms with Crippen LogP contribution in [0.1, 0.15) is 30.0 Å². The van der Waals surface area contributed by atoms with Crippen LogP contribution in [0, 0.1) is 11.2 Å². The molecule has 0 radical (unpaired) electrons. The molecule has 2 nitrogen and oxygen atoms in total. The molecule has 0 aromatic heterocycles. The van der Waals surface area contributed by atoms with Crippen molar-refractivity contribution in [3.8, 4) is 0 Å². The summed E-state index contributed by atoms with van der Waals surface area (Å²) in [6.45, 7) is 2.01. The van der Waals surface area contributed by atoms with E-state index in [4.69, 9.17) is 5.73 Å². The average molecular weight is 257 g/mol. The van der Waals surface area contributed by atoms with Gasteiger partial charge in [0.15, 0.2) is 0 Å². The van der Waals surface area contributed by atoms with E-state index in [1.165, 1.54) is 0 Å². The number of hydrogen-bond donors (Lipinski definition) is 2. The van der Waals surface area contributed by atoms with Gasteiger partial charge in [-0.2, -0.15) is 0 Å². The van der Waals surface area contributed by atoms with Gasteiger partial charge in [0.2, 0.25) is 0 Å². The lowest BCUT2D eigenvalue weighted by Gasteiger charge is -2.37. The summed E-state index contributed by atoms with van der Waals surface area (Å²) in [4.78, 5) is 0. The minimum Gasteiger partial charge on any atom is -0.323 e. The maximum absolute atomic E-state index is 13.7. The van der Waals surface area contributed by atoms with Gasteiger partial charge in [-0.3, -0.25) is 0 Å². The minimum absolute atomic E-state index is 0. The SMILES string of the molecule is Cl.NC1c2cccc(F)c2CC12CCNCC2. The highest BCUT2D eigenvalue weighted by atomic mass is 35.5. The molecule has 1 saturated heterocycles. The van der Waals surface area contributed by atoms with Crippen LogP contribution in [0.4, 0.5) is 4.39 Å². The molecule has 1 fully saturated rings. The first-order valence-electron chi connectivity index (χ1n) is 5.97. The van der Waals surface area contributed by atoms with Gasteiger partial charge in [-0.05, 0) is 55.0 Å². The summed E-state index contributed by atoms with van der Waals surface area (Å²) < 4.78 is 13.7. The van der Waals surface area contributed by atoms with Crippen molar-refractivity contribution in [3.63, 3.8) is 0 Å². The lowest BCUT2D eigenvalue weighted by Crippen LogP contribution is -2.42. The molecule has 1 unspecified atom stereocenters. The summed E-state index contributed by atoms with van der Waals surface area (Å²) in [6, 6.07) is 5.32. The quantitative estimate of drug-likeness (QED) is 0.747. The molecule has 1 aliphatic carbocycles. The highest BCUT2D eigenvalue weighted by Gasteiger charge is 2.45. The van der Waals surface area contributed by atoms with Gasteiger partial charge in [0.1, 0.15) is 5.82 Å². The van der Waals surface area contributed by atoms with Crippen LogP contribution in [0.15, 0.2) is 18.2 Å². The van der Waals surface area contributed by atoms with E-state index >= 15 is 0 Å². The third-order valence-electron chi connectivity index (χ3n) is 4.28. The van der Waals surface area contributed by atoms with Crippen LogP contribution < -0.4 is 11.1 Å². The maximum atomic E-state index is 13.7. The van der Waals surface area contributed by atoms with Gasteiger partial charge in [-0.15, -0.1) is 12.4 Å². The van der Waals surface area contributed by atoms with E-state index in [9.17, 15) is 4.39 Å². The van der Waals surface area contributed by atoms with Crippen molar-refractivity contribution in [1.82, 2.24) is 5.32 Å². The molecule has 1 spiro atoms. The van der Waals surface area contributed by atoms with Crippen LogP contribution in [0.25, 0.3) is 0 Å². The summed E-state index contributed by atoms with van der Waals surface area (Å²) in [5, 5.41) is 3.35.